The fraction of sp³-hybridized carbons (Fsp3) is 0. The summed E-state index contributed by atoms with van der Waals surface area (Å²) in [5.74, 6) is 4.63. The zero-order valence-corrected chi connectivity index (χ0v) is 34.2. The molecule has 5 heterocycles. The van der Waals surface area contributed by atoms with Crippen molar-refractivity contribution in [3.8, 4) is 0 Å². The fourth-order valence-electron chi connectivity index (χ4n) is 9.17. The molecule has 8 nitrogen and oxygen atoms in total. The lowest BCUT2D eigenvalue weighted by Crippen LogP contribution is -2.11. The van der Waals surface area contributed by atoms with E-state index in [1.165, 1.54) is 0 Å². The van der Waals surface area contributed by atoms with Crippen LogP contribution in [0, 0.1) is 0 Å². The second-order valence-electron chi connectivity index (χ2n) is 15.7. The molecule has 304 valence electrons. The Hall–Kier alpha value is -8.88. The Balaban J connectivity index is 1.24. The van der Waals surface area contributed by atoms with Crippen molar-refractivity contribution in [3.63, 3.8) is 0 Å². The number of para-hydroxylation sites is 4. The van der Waals surface area contributed by atoms with E-state index in [1.54, 1.807) is 0 Å². The maximum atomic E-state index is 7.43. The predicted molar refractivity (Wildman–Crippen MR) is 258 cm³/mol. The van der Waals surface area contributed by atoms with Crippen LogP contribution in [0.3, 0.4) is 0 Å². The number of benzene rings is 8. The minimum absolute atomic E-state index is 0.579. The summed E-state index contributed by atoms with van der Waals surface area (Å²) in [4.78, 5) is 8.35. The Morgan fingerprint density at radius 2 is 0.312 bits per heavy atom. The molecule has 8 heteroatoms. The Kier molecular flexibility index (Phi) is 8.04. The van der Waals surface area contributed by atoms with E-state index in [4.69, 9.17) is 17.7 Å². The van der Waals surface area contributed by atoms with E-state index < -0.39 is 0 Å². The maximum Gasteiger partial charge on any atom is 0.217 e. The molecular weight excluding hydrogens is 793 g/mol. The third-order valence-corrected chi connectivity index (χ3v) is 12.0. The lowest BCUT2D eigenvalue weighted by Gasteiger charge is -2.24. The maximum absolute atomic E-state index is 7.43. The van der Waals surface area contributed by atoms with Gasteiger partial charge < -0.3 is 17.7 Å². The highest BCUT2D eigenvalue weighted by Crippen LogP contribution is 2.57. The van der Waals surface area contributed by atoms with Crippen LogP contribution < -0.4 is 19.6 Å². The van der Waals surface area contributed by atoms with Crippen LogP contribution >= 0.6 is 0 Å². The summed E-state index contributed by atoms with van der Waals surface area (Å²) in [7, 11) is 0. The van der Waals surface area contributed by atoms with Crippen LogP contribution in [0.5, 0.6) is 0 Å². The highest BCUT2D eigenvalue weighted by molar-refractivity contribution is 6.14. The third kappa shape index (κ3) is 5.42. The summed E-state index contributed by atoms with van der Waals surface area (Å²) in [6.45, 7) is 0. The second kappa shape index (κ2) is 14.4. The molecule has 0 N–H and O–H groups in total. The smallest absolute Gasteiger partial charge is 0.217 e. The molecule has 8 bridgehead atoms. The molecule has 0 fully saturated rings. The highest BCUT2D eigenvalue weighted by atomic mass is 16.4. The van der Waals surface area contributed by atoms with Gasteiger partial charge in [-0.25, -0.2) is 19.6 Å². The van der Waals surface area contributed by atoms with Crippen molar-refractivity contribution < 1.29 is 17.7 Å². The van der Waals surface area contributed by atoms with E-state index in [1.807, 2.05) is 121 Å². The van der Waals surface area contributed by atoms with Gasteiger partial charge in [0.15, 0.2) is 0 Å². The highest BCUT2D eigenvalue weighted by Gasteiger charge is 2.36. The van der Waals surface area contributed by atoms with Gasteiger partial charge in [-0.3, -0.25) is 0 Å². The molecule has 0 unspecified atom stereocenters. The molecule has 0 saturated heterocycles. The van der Waals surface area contributed by atoms with Crippen LogP contribution in [-0.4, -0.2) is 0 Å². The molecule has 64 heavy (non-hydrogen) atoms. The van der Waals surface area contributed by atoms with Crippen molar-refractivity contribution in [3.05, 3.63) is 218 Å². The fourth-order valence-corrected chi connectivity index (χ4v) is 9.17. The number of hydrogen-bond acceptors (Lipinski definition) is 8. The number of anilines is 12. The monoisotopic (exact) mass is 828 g/mol. The minimum atomic E-state index is 0.579. The first-order chi connectivity index (χ1) is 31.8. The molecule has 12 aromatic rings. The van der Waals surface area contributed by atoms with Crippen molar-refractivity contribution in [2.75, 3.05) is 19.6 Å². The van der Waals surface area contributed by atoms with Gasteiger partial charge in [0, 0.05) is 43.1 Å². The molecule has 0 amide bonds. The van der Waals surface area contributed by atoms with Gasteiger partial charge in [0.25, 0.3) is 0 Å². The normalized spacial score (nSPS) is 12.9. The van der Waals surface area contributed by atoms with Gasteiger partial charge in [0.2, 0.25) is 47.1 Å². The average Bonchev–Trinajstić information content (AvgIpc) is 4.14. The first kappa shape index (κ1) is 35.8. The van der Waals surface area contributed by atoms with E-state index in [0.717, 1.165) is 65.8 Å². The van der Waals surface area contributed by atoms with Crippen LogP contribution in [-0.2, 0) is 0 Å². The van der Waals surface area contributed by atoms with E-state index >= 15 is 0 Å². The summed E-state index contributed by atoms with van der Waals surface area (Å²) in [6, 6.07) is 74.1. The molecule has 4 aromatic heterocycles. The van der Waals surface area contributed by atoms with Crippen molar-refractivity contribution in [1.82, 2.24) is 0 Å². The third-order valence-electron chi connectivity index (χ3n) is 12.0. The van der Waals surface area contributed by atoms with Crippen LogP contribution in [0.4, 0.5) is 69.8 Å². The standard InChI is InChI=1S/C56H36N4O4/c1-5-21-37(22-6-1)57-49-41-29-13-15-31-43(41)51(61-49)58(38-23-7-2-8-24-38)53-45-33-17-19-35-47(45)55(63-53)60(40-27-11-4-12-28-40)56-48-36-20-18-34-46(48)54(64-56)59(39-25-9-3-10-26-39)52-44-32-16-14-30-42(44)50(57)62-52/h1-36H. The Labute approximate surface area is 367 Å². The van der Waals surface area contributed by atoms with Gasteiger partial charge in [-0.1, -0.05) is 121 Å². The van der Waals surface area contributed by atoms with Gasteiger partial charge in [-0.15, -0.1) is 0 Å². The Bertz CT molecular complexity index is 3010. The first-order valence-electron chi connectivity index (χ1n) is 21.3. The lowest BCUT2D eigenvalue weighted by molar-refractivity contribution is 0.522. The van der Waals surface area contributed by atoms with Crippen LogP contribution in [0.2, 0.25) is 0 Å². The molecule has 13 rings (SSSR count). The summed E-state index contributed by atoms with van der Waals surface area (Å²) >= 11 is 0. The van der Waals surface area contributed by atoms with Crippen LogP contribution in [0.15, 0.2) is 236 Å². The van der Waals surface area contributed by atoms with Gasteiger partial charge in [0.05, 0.1) is 22.7 Å². The molecule has 0 aliphatic carbocycles. The molecule has 1 aliphatic heterocycles. The quantitative estimate of drug-likeness (QED) is 0.174. The Morgan fingerprint density at radius 3 is 0.469 bits per heavy atom. The topological polar surface area (TPSA) is 65.5 Å². The number of hydrogen-bond donors (Lipinski definition) is 0. The van der Waals surface area contributed by atoms with E-state index in [9.17, 15) is 0 Å². The molecule has 8 aromatic carbocycles. The largest absolute Gasteiger partial charge is 0.422 e. The zero-order valence-electron chi connectivity index (χ0n) is 34.2. The van der Waals surface area contributed by atoms with Crippen molar-refractivity contribution in [2.45, 2.75) is 0 Å². The van der Waals surface area contributed by atoms with Crippen molar-refractivity contribution >= 4 is 113 Å². The second-order valence-corrected chi connectivity index (χ2v) is 15.7. The number of furan rings is 4. The van der Waals surface area contributed by atoms with Crippen molar-refractivity contribution in [1.29, 1.82) is 0 Å². The van der Waals surface area contributed by atoms with Crippen LogP contribution in [0.1, 0.15) is 0 Å². The predicted octanol–water partition coefficient (Wildman–Crippen LogP) is 16.9. The summed E-state index contributed by atoms with van der Waals surface area (Å²) in [6.07, 6.45) is 0. The summed E-state index contributed by atoms with van der Waals surface area (Å²) in [5.41, 5.74) is 3.42. The van der Waals surface area contributed by atoms with Gasteiger partial charge >= 0.3 is 0 Å². The number of rotatable bonds is 4. The summed E-state index contributed by atoms with van der Waals surface area (Å²) < 4.78 is 29.7. The molecule has 0 radical (unpaired) electrons. The van der Waals surface area contributed by atoms with Gasteiger partial charge in [0.1, 0.15) is 0 Å². The molecule has 1 aliphatic rings. The van der Waals surface area contributed by atoms with Gasteiger partial charge in [-0.05, 0) is 97.1 Å². The molecular formula is C56H36N4O4. The van der Waals surface area contributed by atoms with Crippen molar-refractivity contribution in [2.24, 2.45) is 0 Å². The lowest BCUT2D eigenvalue weighted by atomic mass is 10.1. The molecule has 0 spiro atoms. The summed E-state index contributed by atoms with van der Waals surface area (Å²) in [5, 5.41) is 7.09. The molecule has 0 atom stereocenters. The van der Waals surface area contributed by atoms with Crippen LogP contribution in [0.25, 0.3) is 43.1 Å². The first-order valence-corrected chi connectivity index (χ1v) is 21.3. The van der Waals surface area contributed by atoms with E-state index in [2.05, 4.69) is 117 Å². The van der Waals surface area contributed by atoms with Gasteiger partial charge in [-0.2, -0.15) is 0 Å². The molecule has 0 saturated carbocycles. The average molecular weight is 829 g/mol. The zero-order chi connectivity index (χ0) is 42.1. The SMILES string of the molecule is c1ccc(N2c3oc(c4ccccc34)N(c3ccccc3)c3oc(c4ccccc34)N(c3ccccc3)c3oc(c4ccccc34)N(c3ccccc3)c3oc2c2ccccc32)cc1. The Morgan fingerprint density at radius 1 is 0.172 bits per heavy atom. The van der Waals surface area contributed by atoms with E-state index in [-0.39, 0.29) is 0 Å². The van der Waals surface area contributed by atoms with E-state index in [0.29, 0.717) is 47.1 Å². The minimum Gasteiger partial charge on any atom is -0.422 e. The number of nitrogens with zero attached hydrogens (tertiary/aromatic N) is 4.